The van der Waals surface area contributed by atoms with E-state index in [9.17, 15) is 18.3 Å². The molecule has 1 saturated heterocycles. The summed E-state index contributed by atoms with van der Waals surface area (Å²) < 4.78 is 43.5. The van der Waals surface area contributed by atoms with E-state index in [1.165, 1.54) is 0 Å². The zero-order valence-corrected chi connectivity index (χ0v) is 9.13. The third-order valence-corrected chi connectivity index (χ3v) is 3.67. The lowest BCUT2D eigenvalue weighted by atomic mass is 10.00. The van der Waals surface area contributed by atoms with Crippen LogP contribution in [0.2, 0.25) is 0 Å². The van der Waals surface area contributed by atoms with Crippen LogP contribution in [0.4, 0.5) is 13.2 Å². The van der Waals surface area contributed by atoms with E-state index in [1.54, 1.807) is 7.05 Å². The molecule has 2 rings (SSSR count). The molecule has 0 aromatic carbocycles. The summed E-state index contributed by atoms with van der Waals surface area (Å²) >= 11 is 1.05. The minimum atomic E-state index is -2.91. The quantitative estimate of drug-likeness (QED) is 0.711. The van der Waals surface area contributed by atoms with Crippen molar-refractivity contribution in [3.05, 3.63) is 0 Å². The number of aliphatic imine (C=N–C) groups is 1. The molecule has 0 radical (unpaired) electrons. The first-order valence-electron chi connectivity index (χ1n) is 4.72. The fraction of sp³-hybridized carbons (Fsp3) is 0.875. The molecule has 8 heteroatoms. The maximum atomic E-state index is 13.6. The van der Waals surface area contributed by atoms with Gasteiger partial charge in [-0.3, -0.25) is 4.99 Å². The van der Waals surface area contributed by atoms with Gasteiger partial charge < -0.3 is 15.2 Å². The van der Waals surface area contributed by atoms with Crippen LogP contribution >= 0.6 is 11.8 Å². The number of amidine groups is 1. The summed E-state index contributed by atoms with van der Waals surface area (Å²) in [7, 11) is 1.59. The van der Waals surface area contributed by atoms with Crippen molar-refractivity contribution in [1.29, 1.82) is 0 Å². The van der Waals surface area contributed by atoms with Gasteiger partial charge in [0.2, 0.25) is 0 Å². The molecule has 16 heavy (non-hydrogen) atoms. The molecule has 0 spiro atoms. The molecule has 0 amide bonds. The van der Waals surface area contributed by atoms with Gasteiger partial charge in [-0.25, -0.2) is 13.2 Å². The van der Waals surface area contributed by atoms with Gasteiger partial charge in [0.1, 0.15) is 23.7 Å². The summed E-state index contributed by atoms with van der Waals surface area (Å²) in [6.07, 6.45) is -8.35. The van der Waals surface area contributed by atoms with Gasteiger partial charge in [0, 0.05) is 7.05 Å². The molecule has 0 aliphatic carbocycles. The van der Waals surface area contributed by atoms with Gasteiger partial charge in [-0.15, -0.1) is 0 Å². The number of thioether (sulfide) groups is 1. The largest absolute Gasteiger partial charge is 0.387 e. The Morgan fingerprint density at radius 3 is 2.81 bits per heavy atom. The van der Waals surface area contributed by atoms with E-state index >= 15 is 0 Å². The number of alkyl halides is 3. The molecule has 2 N–H and O–H groups in total. The number of aliphatic hydroxyl groups is 1. The van der Waals surface area contributed by atoms with Crippen LogP contribution in [-0.2, 0) is 4.74 Å². The fourth-order valence-electron chi connectivity index (χ4n) is 1.69. The van der Waals surface area contributed by atoms with Crippen LogP contribution in [0.15, 0.2) is 4.99 Å². The molecule has 0 saturated carbocycles. The van der Waals surface area contributed by atoms with Crippen LogP contribution in [0, 0.1) is 0 Å². The Bertz CT molecular complexity index is 305. The predicted molar refractivity (Wildman–Crippen MR) is 53.4 cm³/mol. The van der Waals surface area contributed by atoms with E-state index in [-0.39, 0.29) is 0 Å². The van der Waals surface area contributed by atoms with Gasteiger partial charge in [-0.05, 0) is 0 Å². The van der Waals surface area contributed by atoms with Gasteiger partial charge >= 0.3 is 0 Å². The Balaban J connectivity index is 2.14. The second-order valence-electron chi connectivity index (χ2n) is 3.53. The van der Waals surface area contributed by atoms with Gasteiger partial charge in [0.05, 0.1) is 0 Å². The number of rotatable bonds is 1. The summed E-state index contributed by atoms with van der Waals surface area (Å²) in [5.74, 6) is 0. The molecular weight excluding hydrogens is 245 g/mol. The van der Waals surface area contributed by atoms with Crippen molar-refractivity contribution < 1.29 is 23.0 Å². The molecule has 2 aliphatic heterocycles. The minimum absolute atomic E-state index is 0.430. The topological polar surface area (TPSA) is 53.9 Å². The number of hydrogen-bond donors (Lipinski definition) is 2. The Labute approximate surface area is 94.3 Å². The Morgan fingerprint density at radius 1 is 1.56 bits per heavy atom. The lowest BCUT2D eigenvalue weighted by Gasteiger charge is -2.36. The maximum absolute atomic E-state index is 13.6. The standard InChI is InChI=1S/C8H11F3N2O2S/c1-12-8-13-3-2(9)4(14)5(6(10)11)15-7(3)16-8/h2-7,14H,1H3,(H,12,13)/t2-,3-,4+,5+,7-/m1/s1. The molecule has 92 valence electrons. The van der Waals surface area contributed by atoms with Crippen LogP contribution < -0.4 is 5.32 Å². The zero-order valence-electron chi connectivity index (χ0n) is 8.31. The predicted octanol–water partition coefficient (Wildman–Crippen LogP) is 0.366. The van der Waals surface area contributed by atoms with E-state index in [0.717, 1.165) is 11.8 Å². The SMILES string of the molecule is CNC1=N[C@@H]2[C@@H](F)[C@H](O)[C@@H](C(F)F)O[C@@H]2S1. The van der Waals surface area contributed by atoms with E-state index in [1.807, 2.05) is 0 Å². The number of nitrogens with one attached hydrogen (secondary N) is 1. The van der Waals surface area contributed by atoms with Crippen molar-refractivity contribution in [2.24, 2.45) is 4.99 Å². The summed E-state index contributed by atoms with van der Waals surface area (Å²) in [6, 6.07) is -0.919. The first-order chi connectivity index (χ1) is 7.54. The summed E-state index contributed by atoms with van der Waals surface area (Å²) in [5, 5.41) is 12.5. The molecular formula is C8H11F3N2O2S. The highest BCUT2D eigenvalue weighted by Gasteiger charge is 2.51. The van der Waals surface area contributed by atoms with Crippen molar-refractivity contribution in [2.75, 3.05) is 7.05 Å². The lowest BCUT2D eigenvalue weighted by molar-refractivity contribution is -0.178. The third-order valence-electron chi connectivity index (χ3n) is 2.52. The van der Waals surface area contributed by atoms with Crippen LogP contribution in [0.5, 0.6) is 0 Å². The Kier molecular flexibility index (Phi) is 3.32. The third kappa shape index (κ3) is 1.89. The van der Waals surface area contributed by atoms with E-state index < -0.39 is 36.3 Å². The zero-order chi connectivity index (χ0) is 11.9. The number of ether oxygens (including phenoxy) is 1. The van der Waals surface area contributed by atoms with E-state index in [2.05, 4.69) is 10.3 Å². The highest BCUT2D eigenvalue weighted by atomic mass is 32.2. The average molecular weight is 256 g/mol. The highest BCUT2D eigenvalue weighted by Crippen LogP contribution is 2.38. The van der Waals surface area contributed by atoms with Crippen LogP contribution in [0.25, 0.3) is 0 Å². The van der Waals surface area contributed by atoms with E-state index in [0.29, 0.717) is 5.17 Å². The van der Waals surface area contributed by atoms with Crippen molar-refractivity contribution in [2.45, 2.75) is 36.3 Å². The van der Waals surface area contributed by atoms with Crippen molar-refractivity contribution >= 4 is 16.9 Å². The fourth-order valence-corrected chi connectivity index (χ4v) is 2.74. The summed E-state index contributed by atoms with van der Waals surface area (Å²) in [5.41, 5.74) is -0.792. The highest BCUT2D eigenvalue weighted by molar-refractivity contribution is 8.14. The van der Waals surface area contributed by atoms with Crippen molar-refractivity contribution in [3.63, 3.8) is 0 Å². The first kappa shape index (κ1) is 12.0. The van der Waals surface area contributed by atoms with Gasteiger partial charge in [0.15, 0.2) is 11.3 Å². The van der Waals surface area contributed by atoms with Gasteiger partial charge in [-0.1, -0.05) is 11.8 Å². The summed E-state index contributed by atoms with van der Waals surface area (Å²) in [6.45, 7) is 0. The number of aliphatic hydroxyl groups excluding tert-OH is 1. The van der Waals surface area contributed by atoms with Crippen molar-refractivity contribution in [3.8, 4) is 0 Å². The number of nitrogens with zero attached hydrogens (tertiary/aromatic N) is 1. The Morgan fingerprint density at radius 2 is 2.25 bits per heavy atom. The smallest absolute Gasteiger partial charge is 0.267 e. The number of halogens is 3. The van der Waals surface area contributed by atoms with Crippen LogP contribution in [-0.4, -0.2) is 53.6 Å². The lowest BCUT2D eigenvalue weighted by Crippen LogP contribution is -2.55. The molecule has 0 aromatic rings. The second-order valence-corrected chi connectivity index (χ2v) is 4.62. The normalized spacial score (nSPS) is 43.1. The molecule has 4 nitrogen and oxygen atoms in total. The van der Waals surface area contributed by atoms with Crippen LogP contribution in [0.1, 0.15) is 0 Å². The van der Waals surface area contributed by atoms with Gasteiger partial charge in [-0.2, -0.15) is 0 Å². The average Bonchev–Trinajstić information content (AvgIpc) is 2.66. The molecule has 0 aromatic heterocycles. The summed E-state index contributed by atoms with van der Waals surface area (Å²) in [4.78, 5) is 3.92. The second kappa shape index (κ2) is 4.42. The number of fused-ring (bicyclic) bond motifs is 1. The molecule has 2 heterocycles. The monoisotopic (exact) mass is 256 g/mol. The van der Waals surface area contributed by atoms with E-state index in [4.69, 9.17) is 4.74 Å². The number of hydrogen-bond acceptors (Lipinski definition) is 5. The van der Waals surface area contributed by atoms with Gasteiger partial charge in [0.25, 0.3) is 6.43 Å². The molecule has 1 fully saturated rings. The Hall–Kier alpha value is -0.470. The van der Waals surface area contributed by atoms with Crippen LogP contribution in [0.3, 0.4) is 0 Å². The molecule has 0 unspecified atom stereocenters. The minimum Gasteiger partial charge on any atom is -0.387 e. The molecule has 5 atom stereocenters. The first-order valence-corrected chi connectivity index (χ1v) is 5.60. The van der Waals surface area contributed by atoms with Crippen molar-refractivity contribution in [1.82, 2.24) is 5.32 Å². The molecule has 2 aliphatic rings. The maximum Gasteiger partial charge on any atom is 0.267 e. The molecule has 0 bridgehead atoms.